The minimum Gasteiger partial charge on any atom is -0.367 e. The molecule has 1 aliphatic rings. The molecule has 1 aliphatic heterocycles. The van der Waals surface area contributed by atoms with E-state index in [0.717, 1.165) is 31.6 Å². The Morgan fingerprint density at radius 1 is 1.07 bits per heavy atom. The van der Waals surface area contributed by atoms with E-state index in [4.69, 9.17) is 0 Å². The van der Waals surface area contributed by atoms with Crippen LogP contribution in [0.2, 0.25) is 0 Å². The van der Waals surface area contributed by atoms with Crippen molar-refractivity contribution in [2.45, 2.75) is 19.4 Å². The van der Waals surface area contributed by atoms with Gasteiger partial charge in [0.15, 0.2) is 0 Å². The highest BCUT2D eigenvalue weighted by atomic mass is 16.2. The quantitative estimate of drug-likeness (QED) is 0.689. The number of benzene rings is 1. The molecule has 0 fully saturated rings. The summed E-state index contributed by atoms with van der Waals surface area (Å²) < 4.78 is 0. The third kappa shape index (κ3) is 4.03. The maximum absolute atomic E-state index is 12.8. The molecule has 28 heavy (non-hydrogen) atoms. The predicted molar refractivity (Wildman–Crippen MR) is 110 cm³/mol. The fourth-order valence-corrected chi connectivity index (χ4v) is 3.59. The van der Waals surface area contributed by atoms with Crippen LogP contribution in [0.3, 0.4) is 0 Å². The normalized spacial score (nSPS) is 13.1. The fourth-order valence-electron chi connectivity index (χ4n) is 3.59. The predicted octanol–water partition coefficient (Wildman–Crippen LogP) is 3.35. The van der Waals surface area contributed by atoms with E-state index >= 15 is 0 Å². The Kier molecular flexibility index (Phi) is 5.33. The Labute approximate surface area is 165 Å². The number of likely N-dealkylation sites (N-methyl/N-ethyl adjacent to an activating group) is 1. The van der Waals surface area contributed by atoms with Crippen LogP contribution in [0.15, 0.2) is 67.1 Å². The summed E-state index contributed by atoms with van der Waals surface area (Å²) in [4.78, 5) is 25.2. The second kappa shape index (κ2) is 8.21. The zero-order valence-corrected chi connectivity index (χ0v) is 16.1. The standard InChI is InChI=1S/C23H24N4O/c1-26(14-9-18-6-11-24-12-7-18)23(28)22-16-21(8-13-25-22)27-15-10-19-4-2-3-5-20(19)17-27/h2-8,11-13,16H,9-10,14-15,17H2,1H3. The molecule has 1 aromatic carbocycles. The summed E-state index contributed by atoms with van der Waals surface area (Å²) in [6.45, 7) is 2.46. The number of amides is 1. The Bertz CT molecular complexity index is 958. The molecule has 0 atom stereocenters. The van der Waals surface area contributed by atoms with E-state index in [0.29, 0.717) is 12.2 Å². The van der Waals surface area contributed by atoms with Crippen LogP contribution >= 0.6 is 0 Å². The second-order valence-electron chi connectivity index (χ2n) is 7.17. The first kappa shape index (κ1) is 18.2. The van der Waals surface area contributed by atoms with Crippen LogP contribution in [0.5, 0.6) is 0 Å². The van der Waals surface area contributed by atoms with Crippen molar-refractivity contribution in [1.82, 2.24) is 14.9 Å². The van der Waals surface area contributed by atoms with Crippen molar-refractivity contribution in [2.75, 3.05) is 25.0 Å². The van der Waals surface area contributed by atoms with Gasteiger partial charge in [0.25, 0.3) is 5.91 Å². The van der Waals surface area contributed by atoms with Crippen LogP contribution in [-0.4, -0.2) is 40.9 Å². The molecule has 0 radical (unpaired) electrons. The summed E-state index contributed by atoms with van der Waals surface area (Å²) in [5, 5.41) is 0. The van der Waals surface area contributed by atoms with Gasteiger partial charge in [-0.1, -0.05) is 24.3 Å². The van der Waals surface area contributed by atoms with Crippen LogP contribution in [0.25, 0.3) is 0 Å². The number of pyridine rings is 2. The van der Waals surface area contributed by atoms with Crippen LogP contribution in [0.1, 0.15) is 27.2 Å². The van der Waals surface area contributed by atoms with Crippen LogP contribution in [0, 0.1) is 0 Å². The molecule has 3 aromatic rings. The maximum atomic E-state index is 12.8. The summed E-state index contributed by atoms with van der Waals surface area (Å²) in [6.07, 6.45) is 7.11. The van der Waals surface area contributed by atoms with Gasteiger partial charge in [-0.3, -0.25) is 14.8 Å². The number of carbonyl (C=O) groups excluding carboxylic acids is 1. The summed E-state index contributed by atoms with van der Waals surface area (Å²) >= 11 is 0. The first-order valence-corrected chi connectivity index (χ1v) is 9.63. The molecule has 0 spiro atoms. The maximum Gasteiger partial charge on any atom is 0.272 e. The van der Waals surface area contributed by atoms with Gasteiger partial charge in [0.1, 0.15) is 5.69 Å². The van der Waals surface area contributed by atoms with Gasteiger partial charge in [0.2, 0.25) is 0 Å². The first-order chi connectivity index (χ1) is 13.7. The van der Waals surface area contributed by atoms with E-state index in [1.54, 1.807) is 23.5 Å². The van der Waals surface area contributed by atoms with Crippen molar-refractivity contribution >= 4 is 11.6 Å². The van der Waals surface area contributed by atoms with Crippen molar-refractivity contribution < 1.29 is 4.79 Å². The monoisotopic (exact) mass is 372 g/mol. The lowest BCUT2D eigenvalue weighted by atomic mass is 9.99. The van der Waals surface area contributed by atoms with Gasteiger partial charge in [-0.2, -0.15) is 0 Å². The third-order valence-corrected chi connectivity index (χ3v) is 5.29. The van der Waals surface area contributed by atoms with Gasteiger partial charge in [-0.25, -0.2) is 0 Å². The summed E-state index contributed by atoms with van der Waals surface area (Å²) in [5.41, 5.74) is 5.49. The van der Waals surface area contributed by atoms with Gasteiger partial charge in [0.05, 0.1) is 0 Å². The van der Waals surface area contributed by atoms with Crippen molar-refractivity contribution in [1.29, 1.82) is 0 Å². The number of aromatic nitrogens is 2. The SMILES string of the molecule is CN(CCc1ccncc1)C(=O)c1cc(N2CCc3ccccc3C2)ccn1. The topological polar surface area (TPSA) is 49.3 Å². The van der Waals surface area contributed by atoms with E-state index in [1.165, 1.54) is 16.7 Å². The van der Waals surface area contributed by atoms with Gasteiger partial charge < -0.3 is 9.80 Å². The van der Waals surface area contributed by atoms with Gasteiger partial charge in [0, 0.05) is 51.0 Å². The lowest BCUT2D eigenvalue weighted by Crippen LogP contribution is -2.32. The lowest BCUT2D eigenvalue weighted by molar-refractivity contribution is 0.0791. The van der Waals surface area contributed by atoms with E-state index in [-0.39, 0.29) is 5.91 Å². The second-order valence-corrected chi connectivity index (χ2v) is 7.17. The molecule has 3 heterocycles. The van der Waals surface area contributed by atoms with Crippen molar-refractivity contribution in [3.05, 3.63) is 89.5 Å². The highest BCUT2D eigenvalue weighted by Gasteiger charge is 2.19. The first-order valence-electron chi connectivity index (χ1n) is 9.63. The van der Waals surface area contributed by atoms with Crippen molar-refractivity contribution in [2.24, 2.45) is 0 Å². The van der Waals surface area contributed by atoms with Crippen LogP contribution in [0.4, 0.5) is 5.69 Å². The largest absolute Gasteiger partial charge is 0.367 e. The molecule has 0 N–H and O–H groups in total. The molecular weight excluding hydrogens is 348 g/mol. The minimum absolute atomic E-state index is 0.0479. The van der Waals surface area contributed by atoms with Gasteiger partial charge in [-0.05, 0) is 53.8 Å². The van der Waals surface area contributed by atoms with Crippen LogP contribution < -0.4 is 4.90 Å². The third-order valence-electron chi connectivity index (χ3n) is 5.29. The zero-order chi connectivity index (χ0) is 19.3. The Morgan fingerprint density at radius 2 is 1.86 bits per heavy atom. The van der Waals surface area contributed by atoms with Gasteiger partial charge >= 0.3 is 0 Å². The highest BCUT2D eigenvalue weighted by Crippen LogP contribution is 2.24. The minimum atomic E-state index is -0.0479. The number of fused-ring (bicyclic) bond motifs is 1. The van der Waals surface area contributed by atoms with E-state index in [2.05, 4.69) is 39.1 Å². The Morgan fingerprint density at radius 3 is 2.68 bits per heavy atom. The number of carbonyl (C=O) groups is 1. The molecule has 4 rings (SSSR count). The number of nitrogens with zero attached hydrogens (tertiary/aromatic N) is 4. The summed E-state index contributed by atoms with van der Waals surface area (Å²) in [6, 6.07) is 16.4. The molecule has 0 bridgehead atoms. The highest BCUT2D eigenvalue weighted by molar-refractivity contribution is 5.93. The smallest absolute Gasteiger partial charge is 0.272 e. The molecule has 0 aliphatic carbocycles. The number of rotatable bonds is 5. The van der Waals surface area contributed by atoms with Gasteiger partial charge in [-0.15, -0.1) is 0 Å². The van der Waals surface area contributed by atoms with E-state index < -0.39 is 0 Å². The molecule has 0 saturated carbocycles. The summed E-state index contributed by atoms with van der Waals surface area (Å²) in [5.74, 6) is -0.0479. The fraction of sp³-hybridized carbons (Fsp3) is 0.261. The van der Waals surface area contributed by atoms with Crippen molar-refractivity contribution in [3.63, 3.8) is 0 Å². The molecule has 5 nitrogen and oxygen atoms in total. The average molecular weight is 372 g/mol. The van der Waals surface area contributed by atoms with E-state index in [1.807, 2.05) is 31.3 Å². The van der Waals surface area contributed by atoms with Crippen LogP contribution in [-0.2, 0) is 19.4 Å². The Balaban J connectivity index is 1.44. The molecule has 2 aromatic heterocycles. The number of hydrogen-bond donors (Lipinski definition) is 0. The van der Waals surface area contributed by atoms with E-state index in [9.17, 15) is 4.79 Å². The molecule has 0 saturated heterocycles. The molecule has 0 unspecified atom stereocenters. The van der Waals surface area contributed by atoms with Crippen molar-refractivity contribution in [3.8, 4) is 0 Å². The number of hydrogen-bond acceptors (Lipinski definition) is 4. The average Bonchev–Trinajstić information content (AvgIpc) is 2.77. The molecule has 142 valence electrons. The lowest BCUT2D eigenvalue weighted by Gasteiger charge is -2.31. The molecular formula is C23H24N4O. The molecule has 1 amide bonds. The molecule has 5 heteroatoms. The zero-order valence-electron chi connectivity index (χ0n) is 16.1. The summed E-state index contributed by atoms with van der Waals surface area (Å²) in [7, 11) is 1.83. The Hall–Kier alpha value is -3.21. The number of anilines is 1.